The summed E-state index contributed by atoms with van der Waals surface area (Å²) in [6.07, 6.45) is 2.68. The lowest BCUT2D eigenvalue weighted by Gasteiger charge is -2.27. The molecule has 0 radical (unpaired) electrons. The van der Waals surface area contributed by atoms with Gasteiger partial charge in [0.15, 0.2) is 0 Å². The zero-order valence-electron chi connectivity index (χ0n) is 13.3. The molecule has 0 aliphatic heterocycles. The maximum atomic E-state index is 5.95. The van der Waals surface area contributed by atoms with Crippen LogP contribution in [-0.2, 0) is 4.74 Å². The highest BCUT2D eigenvalue weighted by Crippen LogP contribution is 2.28. The van der Waals surface area contributed by atoms with Gasteiger partial charge >= 0.3 is 0 Å². The van der Waals surface area contributed by atoms with Crippen LogP contribution in [-0.4, -0.2) is 44.9 Å². The molecule has 2 rings (SSSR count). The van der Waals surface area contributed by atoms with E-state index in [1.54, 1.807) is 0 Å². The van der Waals surface area contributed by atoms with E-state index in [1.165, 1.54) is 18.4 Å². The number of nitrogens with zero attached hydrogens (tertiary/aromatic N) is 1. The quantitative estimate of drug-likeness (QED) is 0.673. The molecule has 4 heteroatoms. The van der Waals surface area contributed by atoms with Gasteiger partial charge in [-0.2, -0.15) is 0 Å². The summed E-state index contributed by atoms with van der Waals surface area (Å²) in [7, 11) is 2.11. The van der Waals surface area contributed by atoms with E-state index >= 15 is 0 Å². The van der Waals surface area contributed by atoms with Gasteiger partial charge in [0.2, 0.25) is 0 Å². The van der Waals surface area contributed by atoms with Crippen molar-refractivity contribution in [2.24, 2.45) is 11.7 Å². The molecular formula is C17H28N2O2. The van der Waals surface area contributed by atoms with Crippen molar-refractivity contribution in [2.75, 3.05) is 40.0 Å². The summed E-state index contributed by atoms with van der Waals surface area (Å²) in [6, 6.07) is 8.46. The number of nitrogens with two attached hydrogens (primary N) is 1. The Kier molecular flexibility index (Phi) is 6.49. The lowest BCUT2D eigenvalue weighted by molar-refractivity contribution is 0.0922. The number of likely N-dealkylation sites (N-methyl/N-ethyl adjacent to an activating group) is 1. The SMILES string of the molecule is CCOc1ccc(C(CN)N(C)CCOCC2CC2)cc1. The molecule has 1 atom stereocenters. The molecule has 1 aliphatic rings. The summed E-state index contributed by atoms with van der Waals surface area (Å²) in [5, 5.41) is 0. The predicted octanol–water partition coefficient (Wildman–Crippen LogP) is 2.44. The Balaban J connectivity index is 1.81. The molecule has 0 spiro atoms. The second kappa shape index (κ2) is 8.37. The Morgan fingerprint density at radius 3 is 2.57 bits per heavy atom. The fraction of sp³-hybridized carbons (Fsp3) is 0.647. The highest BCUT2D eigenvalue weighted by Gasteiger charge is 2.21. The highest BCUT2D eigenvalue weighted by molar-refractivity contribution is 5.29. The Morgan fingerprint density at radius 2 is 2.00 bits per heavy atom. The van der Waals surface area contributed by atoms with Crippen LogP contribution in [0.1, 0.15) is 31.4 Å². The van der Waals surface area contributed by atoms with Crippen molar-refractivity contribution in [1.82, 2.24) is 4.90 Å². The molecule has 0 heterocycles. The maximum Gasteiger partial charge on any atom is 0.119 e. The number of hydrogen-bond donors (Lipinski definition) is 1. The van der Waals surface area contributed by atoms with Gasteiger partial charge in [-0.15, -0.1) is 0 Å². The maximum absolute atomic E-state index is 5.95. The summed E-state index contributed by atoms with van der Waals surface area (Å²) >= 11 is 0. The minimum Gasteiger partial charge on any atom is -0.494 e. The molecule has 4 nitrogen and oxygen atoms in total. The molecule has 21 heavy (non-hydrogen) atoms. The van der Waals surface area contributed by atoms with E-state index in [0.29, 0.717) is 13.2 Å². The van der Waals surface area contributed by atoms with Gasteiger partial charge in [0, 0.05) is 25.7 Å². The number of rotatable bonds is 10. The number of hydrogen-bond acceptors (Lipinski definition) is 4. The van der Waals surface area contributed by atoms with E-state index in [4.69, 9.17) is 15.2 Å². The van der Waals surface area contributed by atoms with E-state index in [0.717, 1.165) is 31.4 Å². The first-order chi connectivity index (χ1) is 10.2. The fourth-order valence-corrected chi connectivity index (χ4v) is 2.42. The zero-order chi connectivity index (χ0) is 15.1. The first-order valence-electron chi connectivity index (χ1n) is 7.95. The van der Waals surface area contributed by atoms with Crippen LogP contribution in [0.2, 0.25) is 0 Å². The summed E-state index contributed by atoms with van der Waals surface area (Å²) in [6.45, 7) is 5.89. The fourth-order valence-electron chi connectivity index (χ4n) is 2.42. The Morgan fingerprint density at radius 1 is 1.29 bits per heavy atom. The summed E-state index contributed by atoms with van der Waals surface area (Å²) in [5.74, 6) is 1.74. The summed E-state index contributed by atoms with van der Waals surface area (Å²) in [5.41, 5.74) is 7.18. The van der Waals surface area contributed by atoms with E-state index in [2.05, 4.69) is 24.1 Å². The third-order valence-electron chi connectivity index (χ3n) is 3.97. The first-order valence-corrected chi connectivity index (χ1v) is 7.95. The van der Waals surface area contributed by atoms with Crippen LogP contribution < -0.4 is 10.5 Å². The highest BCUT2D eigenvalue weighted by atomic mass is 16.5. The van der Waals surface area contributed by atoms with Crippen LogP contribution in [0.3, 0.4) is 0 Å². The zero-order valence-corrected chi connectivity index (χ0v) is 13.3. The number of ether oxygens (including phenoxy) is 2. The standard InChI is InChI=1S/C17H28N2O2/c1-3-21-16-8-6-15(7-9-16)17(12-18)19(2)10-11-20-13-14-4-5-14/h6-9,14,17H,3-5,10-13,18H2,1-2H3. The van der Waals surface area contributed by atoms with Crippen molar-refractivity contribution in [2.45, 2.75) is 25.8 Å². The van der Waals surface area contributed by atoms with Crippen molar-refractivity contribution in [3.63, 3.8) is 0 Å². The molecule has 0 aromatic heterocycles. The molecule has 0 amide bonds. The molecule has 1 aliphatic carbocycles. The minimum absolute atomic E-state index is 0.227. The van der Waals surface area contributed by atoms with E-state index in [-0.39, 0.29) is 6.04 Å². The lowest BCUT2D eigenvalue weighted by atomic mass is 10.1. The van der Waals surface area contributed by atoms with Gasteiger partial charge in [-0.3, -0.25) is 4.90 Å². The molecule has 0 saturated heterocycles. The van der Waals surface area contributed by atoms with Crippen LogP contribution in [0.25, 0.3) is 0 Å². The second-order valence-electron chi connectivity index (χ2n) is 5.75. The van der Waals surface area contributed by atoms with Crippen LogP contribution >= 0.6 is 0 Å². The smallest absolute Gasteiger partial charge is 0.119 e. The van der Waals surface area contributed by atoms with Crippen molar-refractivity contribution in [1.29, 1.82) is 0 Å². The average Bonchev–Trinajstić information content (AvgIpc) is 3.31. The topological polar surface area (TPSA) is 47.7 Å². The van der Waals surface area contributed by atoms with Gasteiger partial charge in [0.25, 0.3) is 0 Å². The third kappa shape index (κ3) is 5.30. The van der Waals surface area contributed by atoms with Crippen molar-refractivity contribution in [3.05, 3.63) is 29.8 Å². The largest absolute Gasteiger partial charge is 0.494 e. The van der Waals surface area contributed by atoms with Crippen LogP contribution in [0.4, 0.5) is 0 Å². The first kappa shape index (κ1) is 16.3. The third-order valence-corrected chi connectivity index (χ3v) is 3.97. The summed E-state index contributed by atoms with van der Waals surface area (Å²) in [4.78, 5) is 2.27. The van der Waals surface area contributed by atoms with Crippen molar-refractivity contribution < 1.29 is 9.47 Å². The molecule has 0 bridgehead atoms. The molecule has 1 aromatic carbocycles. The van der Waals surface area contributed by atoms with Gasteiger partial charge < -0.3 is 15.2 Å². The molecule has 1 fully saturated rings. The molecule has 1 unspecified atom stereocenters. The van der Waals surface area contributed by atoms with Crippen LogP contribution in [0.5, 0.6) is 5.75 Å². The molecule has 1 aromatic rings. The van der Waals surface area contributed by atoms with Gasteiger partial charge in [0.1, 0.15) is 5.75 Å². The van der Waals surface area contributed by atoms with E-state index in [9.17, 15) is 0 Å². The molecule has 1 saturated carbocycles. The molecule has 2 N–H and O–H groups in total. The van der Waals surface area contributed by atoms with Gasteiger partial charge in [-0.25, -0.2) is 0 Å². The van der Waals surface area contributed by atoms with E-state index < -0.39 is 0 Å². The Bertz CT molecular complexity index is 404. The van der Waals surface area contributed by atoms with Crippen LogP contribution in [0, 0.1) is 5.92 Å². The van der Waals surface area contributed by atoms with Gasteiger partial charge in [0.05, 0.1) is 13.2 Å². The van der Waals surface area contributed by atoms with Gasteiger partial charge in [-0.1, -0.05) is 12.1 Å². The molecule has 118 valence electrons. The monoisotopic (exact) mass is 292 g/mol. The predicted molar refractivity (Wildman–Crippen MR) is 85.6 cm³/mol. The van der Waals surface area contributed by atoms with Crippen LogP contribution in [0.15, 0.2) is 24.3 Å². The van der Waals surface area contributed by atoms with Gasteiger partial charge in [-0.05, 0) is 50.4 Å². The van der Waals surface area contributed by atoms with Crippen molar-refractivity contribution in [3.8, 4) is 5.75 Å². The Hall–Kier alpha value is -1.10. The van der Waals surface area contributed by atoms with Crippen molar-refractivity contribution >= 4 is 0 Å². The summed E-state index contributed by atoms with van der Waals surface area (Å²) < 4.78 is 11.2. The Labute approximate surface area is 128 Å². The molecular weight excluding hydrogens is 264 g/mol. The minimum atomic E-state index is 0.227. The lowest BCUT2D eigenvalue weighted by Crippen LogP contribution is -2.33. The number of benzene rings is 1. The average molecular weight is 292 g/mol. The second-order valence-corrected chi connectivity index (χ2v) is 5.75. The normalized spacial score (nSPS) is 16.2. The van der Waals surface area contributed by atoms with E-state index in [1.807, 2.05) is 19.1 Å².